The van der Waals surface area contributed by atoms with Gasteiger partial charge in [-0.1, -0.05) is 13.8 Å². The zero-order valence-electron chi connectivity index (χ0n) is 5.98. The van der Waals surface area contributed by atoms with Crippen molar-refractivity contribution in [2.45, 2.75) is 20.8 Å². The Bertz CT molecular complexity index is 43.8. The molecule has 0 aliphatic carbocycles. The molecule has 0 saturated heterocycles. The lowest BCUT2D eigenvalue weighted by Crippen LogP contribution is -1.88. The standard InChI is InChI=1S/C6H15OP/c1-4-7-8(5-2)6-3/h4-6H2,1-3H3. The molecule has 0 heterocycles. The Morgan fingerprint density at radius 3 is 1.75 bits per heavy atom. The van der Waals surface area contributed by atoms with Gasteiger partial charge in [0.2, 0.25) is 0 Å². The van der Waals surface area contributed by atoms with Crippen LogP contribution in [-0.2, 0) is 4.52 Å². The largest absolute Gasteiger partial charge is 0.360 e. The summed E-state index contributed by atoms with van der Waals surface area (Å²) in [5.74, 6) is 0. The molecule has 0 saturated carbocycles. The SMILES string of the molecule is CCOP(CC)CC. The van der Waals surface area contributed by atoms with E-state index in [-0.39, 0.29) is 8.15 Å². The molecule has 0 N–H and O–H groups in total. The summed E-state index contributed by atoms with van der Waals surface area (Å²) in [6.07, 6.45) is 2.42. The van der Waals surface area contributed by atoms with Gasteiger partial charge in [-0.3, -0.25) is 0 Å². The van der Waals surface area contributed by atoms with Crippen LogP contribution < -0.4 is 0 Å². The van der Waals surface area contributed by atoms with Crippen molar-refractivity contribution in [3.05, 3.63) is 0 Å². The molecular formula is C6H15OP. The maximum Gasteiger partial charge on any atom is 0.0480 e. The Balaban J connectivity index is 3.07. The maximum absolute atomic E-state index is 5.41. The molecule has 0 rings (SSSR count). The average molecular weight is 134 g/mol. The summed E-state index contributed by atoms with van der Waals surface area (Å²) in [5.41, 5.74) is 0. The number of hydrogen-bond donors (Lipinski definition) is 0. The second kappa shape index (κ2) is 5.53. The molecule has 0 bridgehead atoms. The van der Waals surface area contributed by atoms with E-state index in [0.29, 0.717) is 0 Å². The van der Waals surface area contributed by atoms with E-state index in [2.05, 4.69) is 20.8 Å². The van der Waals surface area contributed by atoms with Gasteiger partial charge in [0.25, 0.3) is 0 Å². The monoisotopic (exact) mass is 134 g/mol. The van der Waals surface area contributed by atoms with Gasteiger partial charge in [0.1, 0.15) is 0 Å². The molecule has 0 fully saturated rings. The second-order valence-electron chi connectivity index (χ2n) is 1.53. The van der Waals surface area contributed by atoms with Crippen LogP contribution in [0.15, 0.2) is 0 Å². The predicted molar refractivity (Wildman–Crippen MR) is 39.6 cm³/mol. The third kappa shape index (κ3) is 3.40. The van der Waals surface area contributed by atoms with E-state index >= 15 is 0 Å². The highest BCUT2D eigenvalue weighted by molar-refractivity contribution is 7.52. The van der Waals surface area contributed by atoms with E-state index in [4.69, 9.17) is 4.52 Å². The van der Waals surface area contributed by atoms with Gasteiger partial charge in [0, 0.05) is 14.8 Å². The highest BCUT2D eigenvalue weighted by atomic mass is 31.1. The van der Waals surface area contributed by atoms with Crippen LogP contribution in [0.2, 0.25) is 0 Å². The molecule has 0 aromatic heterocycles. The molecule has 0 atom stereocenters. The summed E-state index contributed by atoms with van der Waals surface area (Å²) in [7, 11) is -0.0563. The molecule has 0 aliphatic rings. The quantitative estimate of drug-likeness (QED) is 0.536. The van der Waals surface area contributed by atoms with Crippen LogP contribution in [0.1, 0.15) is 20.8 Å². The number of hydrogen-bond acceptors (Lipinski definition) is 1. The minimum absolute atomic E-state index is 0.0563. The first-order chi connectivity index (χ1) is 3.85. The Hall–Kier alpha value is 0.390. The van der Waals surface area contributed by atoms with Crippen molar-refractivity contribution in [1.29, 1.82) is 0 Å². The van der Waals surface area contributed by atoms with Crippen LogP contribution in [0.4, 0.5) is 0 Å². The third-order valence-electron chi connectivity index (χ3n) is 1.02. The van der Waals surface area contributed by atoms with Crippen molar-refractivity contribution in [3.63, 3.8) is 0 Å². The van der Waals surface area contributed by atoms with Gasteiger partial charge in [0.05, 0.1) is 0 Å². The maximum atomic E-state index is 5.41. The van der Waals surface area contributed by atoms with Gasteiger partial charge in [-0.2, -0.15) is 0 Å². The van der Waals surface area contributed by atoms with E-state index in [0.717, 1.165) is 6.61 Å². The topological polar surface area (TPSA) is 9.23 Å². The van der Waals surface area contributed by atoms with Crippen LogP contribution in [0, 0.1) is 0 Å². The van der Waals surface area contributed by atoms with Crippen molar-refractivity contribution in [2.24, 2.45) is 0 Å². The summed E-state index contributed by atoms with van der Waals surface area (Å²) in [4.78, 5) is 0. The summed E-state index contributed by atoms with van der Waals surface area (Å²) >= 11 is 0. The number of rotatable bonds is 4. The zero-order chi connectivity index (χ0) is 6.41. The molecule has 0 aromatic carbocycles. The van der Waals surface area contributed by atoms with Crippen molar-refractivity contribution in [2.75, 3.05) is 18.9 Å². The first kappa shape index (κ1) is 8.39. The second-order valence-corrected chi connectivity index (χ2v) is 4.02. The minimum Gasteiger partial charge on any atom is -0.360 e. The van der Waals surface area contributed by atoms with Crippen LogP contribution in [0.3, 0.4) is 0 Å². The van der Waals surface area contributed by atoms with Gasteiger partial charge in [0.15, 0.2) is 0 Å². The fraction of sp³-hybridized carbons (Fsp3) is 1.00. The van der Waals surface area contributed by atoms with E-state index < -0.39 is 0 Å². The van der Waals surface area contributed by atoms with Crippen molar-refractivity contribution >= 4 is 8.15 Å². The predicted octanol–water partition coefficient (Wildman–Crippen LogP) is 2.46. The summed E-state index contributed by atoms with van der Waals surface area (Å²) in [6.45, 7) is 7.31. The van der Waals surface area contributed by atoms with E-state index in [1.807, 2.05) is 0 Å². The molecule has 0 unspecified atom stereocenters. The molecule has 0 radical (unpaired) electrons. The van der Waals surface area contributed by atoms with Crippen LogP contribution in [0.5, 0.6) is 0 Å². The summed E-state index contributed by atoms with van der Waals surface area (Å²) in [5, 5.41) is 0. The molecule has 8 heavy (non-hydrogen) atoms. The smallest absolute Gasteiger partial charge is 0.0480 e. The van der Waals surface area contributed by atoms with E-state index in [1.165, 1.54) is 12.3 Å². The lowest BCUT2D eigenvalue weighted by Gasteiger charge is -2.10. The fourth-order valence-corrected chi connectivity index (χ4v) is 1.77. The lowest BCUT2D eigenvalue weighted by atomic mass is 10.9. The van der Waals surface area contributed by atoms with E-state index in [9.17, 15) is 0 Å². The Labute approximate surface area is 53.3 Å². The Morgan fingerprint density at radius 2 is 1.62 bits per heavy atom. The van der Waals surface area contributed by atoms with Gasteiger partial charge in [-0.15, -0.1) is 0 Å². The summed E-state index contributed by atoms with van der Waals surface area (Å²) < 4.78 is 5.41. The average Bonchev–Trinajstić information content (AvgIpc) is 1.83. The third-order valence-corrected chi connectivity index (χ3v) is 3.05. The molecular weight excluding hydrogens is 119 g/mol. The zero-order valence-corrected chi connectivity index (χ0v) is 6.87. The Morgan fingerprint density at radius 1 is 1.12 bits per heavy atom. The highest BCUT2D eigenvalue weighted by Gasteiger charge is 1.98. The van der Waals surface area contributed by atoms with Gasteiger partial charge < -0.3 is 4.52 Å². The molecule has 2 heteroatoms. The van der Waals surface area contributed by atoms with Gasteiger partial charge >= 0.3 is 0 Å². The molecule has 0 spiro atoms. The van der Waals surface area contributed by atoms with Crippen molar-refractivity contribution < 1.29 is 4.52 Å². The fourth-order valence-electron chi connectivity index (χ4n) is 0.589. The van der Waals surface area contributed by atoms with Crippen LogP contribution >= 0.6 is 8.15 Å². The first-order valence-corrected chi connectivity index (χ1v) is 4.86. The molecule has 1 nitrogen and oxygen atoms in total. The molecule has 0 aliphatic heterocycles. The lowest BCUT2D eigenvalue weighted by molar-refractivity contribution is 0.378. The van der Waals surface area contributed by atoms with Gasteiger partial charge in [-0.05, 0) is 19.2 Å². The molecule has 0 aromatic rings. The van der Waals surface area contributed by atoms with Gasteiger partial charge in [-0.25, -0.2) is 0 Å². The summed E-state index contributed by atoms with van der Waals surface area (Å²) in [6, 6.07) is 0. The van der Waals surface area contributed by atoms with Crippen molar-refractivity contribution in [3.8, 4) is 0 Å². The molecule has 0 amide bonds. The highest BCUT2D eigenvalue weighted by Crippen LogP contribution is 2.34. The Kier molecular flexibility index (Phi) is 5.79. The normalized spacial score (nSPS) is 10.5. The van der Waals surface area contributed by atoms with Crippen LogP contribution in [-0.4, -0.2) is 18.9 Å². The first-order valence-electron chi connectivity index (χ1n) is 3.23. The van der Waals surface area contributed by atoms with Crippen molar-refractivity contribution in [1.82, 2.24) is 0 Å². The van der Waals surface area contributed by atoms with Crippen LogP contribution in [0.25, 0.3) is 0 Å². The minimum atomic E-state index is -0.0563. The van der Waals surface area contributed by atoms with E-state index in [1.54, 1.807) is 0 Å². The molecule has 50 valence electrons.